The number of rotatable bonds is 17. The second kappa shape index (κ2) is 22.9. The average molecular weight is 1070 g/mol. The molecule has 4 aromatic carbocycles. The predicted octanol–water partition coefficient (Wildman–Crippen LogP) is 13.6. The van der Waals surface area contributed by atoms with E-state index in [0.29, 0.717) is 92.8 Å². The minimum absolute atomic E-state index is 0.0494. The molecule has 3 N–H and O–H groups in total. The smallest absolute Gasteiger partial charge is 0.258 e. The Balaban J connectivity index is 0.000000221. The van der Waals surface area contributed by atoms with Crippen molar-refractivity contribution in [2.45, 2.75) is 155 Å². The number of nitrogens with two attached hydrogens (primary N) is 1. The first-order valence-corrected chi connectivity index (χ1v) is 30.8. The van der Waals surface area contributed by atoms with Crippen LogP contribution in [0.3, 0.4) is 0 Å². The number of pyridine rings is 2. The van der Waals surface area contributed by atoms with Gasteiger partial charge in [-0.2, -0.15) is 5.26 Å². The normalized spacial score (nSPS) is 14.0. The summed E-state index contributed by atoms with van der Waals surface area (Å²) in [6.45, 7) is 27.5. The minimum Gasteiger partial charge on any atom is -0.541 e. The molecular formula is C60H75F2N7O5Si2. The van der Waals surface area contributed by atoms with E-state index in [4.69, 9.17) is 24.6 Å². The molecule has 0 saturated heterocycles. The lowest BCUT2D eigenvalue weighted by atomic mass is 9.93. The van der Waals surface area contributed by atoms with E-state index in [-0.39, 0.29) is 42.1 Å². The van der Waals surface area contributed by atoms with E-state index in [1.54, 1.807) is 54.4 Å². The molecule has 6 aromatic rings. The van der Waals surface area contributed by atoms with E-state index in [1.165, 1.54) is 24.3 Å². The van der Waals surface area contributed by atoms with Gasteiger partial charge in [0.15, 0.2) is 0 Å². The van der Waals surface area contributed by atoms with Gasteiger partial charge >= 0.3 is 0 Å². The van der Waals surface area contributed by atoms with Crippen molar-refractivity contribution in [3.05, 3.63) is 140 Å². The Hall–Kier alpha value is -6.71. The fourth-order valence-corrected chi connectivity index (χ4v) is 23.1. The summed E-state index contributed by atoms with van der Waals surface area (Å²) in [5, 5.41) is 24.0. The number of carbonyl (C=O) groups excluding carboxylic acids is 2. The summed E-state index contributed by atoms with van der Waals surface area (Å²) >= 11 is 0. The number of aromatic nitrogens is 2. The molecule has 2 aliphatic heterocycles. The molecule has 2 aliphatic rings. The molecule has 402 valence electrons. The van der Waals surface area contributed by atoms with Crippen LogP contribution in [0, 0.1) is 23.0 Å². The third-order valence-electron chi connectivity index (χ3n) is 16.0. The van der Waals surface area contributed by atoms with Gasteiger partial charge in [0.25, 0.3) is 28.4 Å². The van der Waals surface area contributed by atoms with Crippen LogP contribution in [0.1, 0.15) is 148 Å². The van der Waals surface area contributed by atoms with Crippen molar-refractivity contribution >= 4 is 56.1 Å². The molecule has 12 nitrogen and oxygen atoms in total. The zero-order chi connectivity index (χ0) is 55.7. The number of amides is 2. The molecule has 0 atom stereocenters. The van der Waals surface area contributed by atoms with Gasteiger partial charge in [-0.25, -0.2) is 8.78 Å². The first kappa shape index (κ1) is 57.0. The summed E-state index contributed by atoms with van der Waals surface area (Å²) in [7, 11) is -1.29. The Bertz CT molecular complexity index is 3180. The van der Waals surface area contributed by atoms with Gasteiger partial charge < -0.3 is 29.6 Å². The SMILES string of the molecule is CC(C)[Si](Oc1c2c(c(C/C(N)=N/O)c3cc(Cc4ccc(F)cc4)cnc13)CN(C)C2=O)(C(C)C)C(C)C.CC(C)[Si](Oc1c2c(c(CC#N)c3cc(Cc4ccc(F)cc4)cnc13)CN(C)C2=O)(C(C)C)C(C)C. The Morgan fingerprint density at radius 1 is 0.645 bits per heavy atom. The lowest BCUT2D eigenvalue weighted by Crippen LogP contribution is -2.51. The first-order chi connectivity index (χ1) is 35.9. The van der Waals surface area contributed by atoms with Crippen molar-refractivity contribution in [3.8, 4) is 17.6 Å². The Morgan fingerprint density at radius 2 is 1.00 bits per heavy atom. The summed E-state index contributed by atoms with van der Waals surface area (Å²) < 4.78 is 41.3. The summed E-state index contributed by atoms with van der Waals surface area (Å²) in [5.41, 5.74) is 17.4. The van der Waals surface area contributed by atoms with Gasteiger partial charge in [-0.3, -0.25) is 19.6 Å². The highest BCUT2D eigenvalue weighted by Crippen LogP contribution is 2.50. The molecule has 0 fully saturated rings. The number of hydrogen-bond acceptors (Lipinski definition) is 9. The Labute approximate surface area is 449 Å². The highest BCUT2D eigenvalue weighted by atomic mass is 28.4. The van der Waals surface area contributed by atoms with Crippen molar-refractivity contribution in [1.29, 1.82) is 5.26 Å². The number of hydrogen-bond donors (Lipinski definition) is 2. The number of carbonyl (C=O) groups is 2. The number of amidine groups is 1. The van der Waals surface area contributed by atoms with Crippen molar-refractivity contribution < 1.29 is 32.4 Å². The molecule has 0 spiro atoms. The average Bonchev–Trinajstić information content (AvgIpc) is 3.90. The largest absolute Gasteiger partial charge is 0.541 e. The zero-order valence-corrected chi connectivity index (χ0v) is 48.7. The van der Waals surface area contributed by atoms with E-state index < -0.39 is 16.6 Å². The summed E-state index contributed by atoms with van der Waals surface area (Å²) in [5.74, 6) is 0.437. The van der Waals surface area contributed by atoms with Crippen molar-refractivity contribution in [3.63, 3.8) is 0 Å². The van der Waals surface area contributed by atoms with Crippen LogP contribution in [-0.4, -0.2) is 73.4 Å². The lowest BCUT2D eigenvalue weighted by Gasteiger charge is -2.42. The number of fused-ring (bicyclic) bond motifs is 4. The van der Waals surface area contributed by atoms with Crippen LogP contribution >= 0.6 is 0 Å². The molecule has 2 amide bonds. The van der Waals surface area contributed by atoms with Gasteiger partial charge in [0.05, 0.1) is 23.6 Å². The number of nitrogens with zero attached hydrogens (tertiary/aromatic N) is 6. The number of nitriles is 1. The van der Waals surface area contributed by atoms with Crippen molar-refractivity contribution in [1.82, 2.24) is 19.8 Å². The topological polar surface area (TPSA) is 167 Å². The summed E-state index contributed by atoms with van der Waals surface area (Å²) in [6.07, 6.45) is 5.10. The van der Waals surface area contributed by atoms with E-state index in [2.05, 4.69) is 100 Å². The van der Waals surface area contributed by atoms with Crippen LogP contribution in [0.15, 0.2) is 78.2 Å². The molecule has 16 heteroatoms. The van der Waals surface area contributed by atoms with Crippen LogP contribution in [0.5, 0.6) is 11.5 Å². The number of oxime groups is 1. The van der Waals surface area contributed by atoms with E-state index in [0.717, 1.165) is 55.3 Å². The monoisotopic (exact) mass is 1070 g/mol. The molecule has 0 unspecified atom stereocenters. The van der Waals surface area contributed by atoms with Crippen molar-refractivity contribution in [2.75, 3.05) is 14.1 Å². The fraction of sp³-hybridized carbons (Fsp3) is 0.433. The fourth-order valence-electron chi connectivity index (χ4n) is 12.6. The molecule has 0 aliphatic carbocycles. The molecule has 2 aromatic heterocycles. The van der Waals surface area contributed by atoms with Gasteiger partial charge in [-0.1, -0.05) is 113 Å². The second-order valence-corrected chi connectivity index (χ2v) is 33.4. The van der Waals surface area contributed by atoms with Crippen LogP contribution in [0.4, 0.5) is 8.78 Å². The Kier molecular flexibility index (Phi) is 17.2. The van der Waals surface area contributed by atoms with Crippen LogP contribution in [-0.2, 0) is 38.8 Å². The maximum atomic E-state index is 13.6. The maximum Gasteiger partial charge on any atom is 0.258 e. The van der Waals surface area contributed by atoms with E-state index in [1.807, 2.05) is 12.3 Å². The molecule has 76 heavy (non-hydrogen) atoms. The zero-order valence-electron chi connectivity index (χ0n) is 46.7. The third kappa shape index (κ3) is 10.7. The maximum absolute atomic E-state index is 13.6. The molecule has 4 heterocycles. The quantitative estimate of drug-likeness (QED) is 0.0297. The molecular weight excluding hydrogens is 993 g/mol. The molecule has 8 rings (SSSR count). The van der Waals surface area contributed by atoms with Crippen LogP contribution < -0.4 is 14.6 Å². The first-order valence-electron chi connectivity index (χ1n) is 26.5. The predicted molar refractivity (Wildman–Crippen MR) is 303 cm³/mol. The summed E-state index contributed by atoms with van der Waals surface area (Å²) in [4.78, 5) is 40.2. The van der Waals surface area contributed by atoms with Crippen LogP contribution in [0.2, 0.25) is 33.2 Å². The minimum atomic E-state index is -2.45. The Morgan fingerprint density at radius 3 is 1.34 bits per heavy atom. The van der Waals surface area contributed by atoms with Gasteiger partial charge in [-0.15, -0.1) is 0 Å². The van der Waals surface area contributed by atoms with Gasteiger partial charge in [0.1, 0.15) is 40.0 Å². The second-order valence-electron chi connectivity index (χ2n) is 22.7. The molecule has 0 saturated carbocycles. The number of halogens is 2. The molecule has 0 bridgehead atoms. The standard InChI is InChI=1S/C30H39FN4O3Si.C30H36FN3O2Si/c1-17(2)39(18(3)4,19(5)6)38-29-27-25(16-35(7)30(27)36)23(14-26(32)34-37)24-13-21(15-33-28(24)29)12-20-8-10-22(31)11-9-20;1-18(2)37(19(3)4,20(5)6)36-29-27-26(17-34(7)30(27)35)24(12-13-32)25-15-22(16-33-28(25)29)14-21-8-10-23(31)11-9-21/h8-11,13,15,17-19,37H,12,14,16H2,1-7H3,(H2,32,34);8-11,15-16,18-20H,12,14,17H2,1-7H3. The highest BCUT2D eigenvalue weighted by molar-refractivity contribution is 6.79. The number of benzene rings is 4. The van der Waals surface area contributed by atoms with E-state index >= 15 is 0 Å². The van der Waals surface area contributed by atoms with Gasteiger partial charge in [-0.05, 0) is 127 Å². The summed E-state index contributed by atoms with van der Waals surface area (Å²) in [6, 6.07) is 19.3. The van der Waals surface area contributed by atoms with Gasteiger partial charge in [0.2, 0.25) is 0 Å². The highest BCUT2D eigenvalue weighted by Gasteiger charge is 2.50. The third-order valence-corrected chi connectivity index (χ3v) is 28.0. The lowest BCUT2D eigenvalue weighted by molar-refractivity contribution is 0.0807. The van der Waals surface area contributed by atoms with Crippen LogP contribution in [0.25, 0.3) is 21.8 Å². The van der Waals surface area contributed by atoms with Crippen molar-refractivity contribution in [2.24, 2.45) is 10.9 Å². The van der Waals surface area contributed by atoms with E-state index in [9.17, 15) is 28.8 Å². The molecule has 0 radical (unpaired) electrons. The van der Waals surface area contributed by atoms with Gasteiger partial charge in [0, 0.05) is 56.8 Å².